The quantitative estimate of drug-likeness (QED) is 0.843. The second kappa shape index (κ2) is 4.15. The number of fused-ring (bicyclic) bond motifs is 2. The highest BCUT2D eigenvalue weighted by Gasteiger charge is 2.52. The minimum absolute atomic E-state index is 0.166. The summed E-state index contributed by atoms with van der Waals surface area (Å²) in [6, 6.07) is 8.32. The van der Waals surface area contributed by atoms with Crippen molar-refractivity contribution >= 4 is 16.6 Å². The van der Waals surface area contributed by atoms with Gasteiger partial charge in [0.2, 0.25) is 0 Å². The summed E-state index contributed by atoms with van der Waals surface area (Å²) in [6.07, 6.45) is 3.10. The Morgan fingerprint density at radius 1 is 1.32 bits per heavy atom. The Morgan fingerprint density at radius 2 is 2.21 bits per heavy atom. The lowest BCUT2D eigenvalue weighted by molar-refractivity contribution is 0.00541. The van der Waals surface area contributed by atoms with E-state index >= 15 is 0 Å². The van der Waals surface area contributed by atoms with Gasteiger partial charge in [0, 0.05) is 24.0 Å². The lowest BCUT2D eigenvalue weighted by atomic mass is 9.72. The SMILES string of the molecule is NC1C2CCOC2C1Nc1cnnc2ccccc12. The van der Waals surface area contributed by atoms with Gasteiger partial charge in [-0.15, -0.1) is 0 Å². The van der Waals surface area contributed by atoms with Gasteiger partial charge >= 0.3 is 0 Å². The maximum atomic E-state index is 6.22. The molecule has 98 valence electrons. The van der Waals surface area contributed by atoms with E-state index in [-0.39, 0.29) is 18.2 Å². The van der Waals surface area contributed by atoms with Crippen molar-refractivity contribution in [2.75, 3.05) is 11.9 Å². The van der Waals surface area contributed by atoms with E-state index < -0.39 is 0 Å². The Kier molecular flexibility index (Phi) is 2.43. The van der Waals surface area contributed by atoms with Crippen molar-refractivity contribution in [1.82, 2.24) is 10.2 Å². The molecule has 1 aliphatic heterocycles. The summed E-state index contributed by atoms with van der Waals surface area (Å²) in [5, 5.41) is 12.7. The van der Waals surface area contributed by atoms with Crippen LogP contribution in [0.15, 0.2) is 30.5 Å². The van der Waals surface area contributed by atoms with Gasteiger partial charge in [-0.25, -0.2) is 0 Å². The molecule has 2 aromatic rings. The van der Waals surface area contributed by atoms with E-state index in [0.29, 0.717) is 5.92 Å². The fourth-order valence-corrected chi connectivity index (χ4v) is 3.23. The van der Waals surface area contributed by atoms with Crippen molar-refractivity contribution in [3.05, 3.63) is 30.5 Å². The molecule has 2 fully saturated rings. The standard InChI is InChI=1S/C14H16N4O/c15-12-9-5-6-19-14(9)13(12)17-11-7-16-18-10-4-2-1-3-8(10)11/h1-4,7,9,12-14H,5-6,15H2,(H,17,18). The third-order valence-electron chi connectivity index (χ3n) is 4.32. The van der Waals surface area contributed by atoms with Gasteiger partial charge in [0.1, 0.15) is 0 Å². The highest BCUT2D eigenvalue weighted by Crippen LogP contribution is 2.39. The van der Waals surface area contributed by atoms with Gasteiger partial charge < -0.3 is 15.8 Å². The molecule has 4 atom stereocenters. The van der Waals surface area contributed by atoms with Crippen LogP contribution >= 0.6 is 0 Å². The summed E-state index contributed by atoms with van der Waals surface area (Å²) in [7, 11) is 0. The van der Waals surface area contributed by atoms with Crippen molar-refractivity contribution in [2.24, 2.45) is 11.7 Å². The Balaban J connectivity index is 1.65. The maximum absolute atomic E-state index is 6.22. The maximum Gasteiger partial charge on any atom is 0.0950 e. The molecule has 1 saturated heterocycles. The minimum Gasteiger partial charge on any atom is -0.376 e. The highest BCUT2D eigenvalue weighted by atomic mass is 16.5. The summed E-state index contributed by atoms with van der Waals surface area (Å²) >= 11 is 0. The Hall–Kier alpha value is -1.72. The van der Waals surface area contributed by atoms with Crippen molar-refractivity contribution in [3.8, 4) is 0 Å². The molecule has 1 aromatic heterocycles. The first-order valence-electron chi connectivity index (χ1n) is 6.69. The first kappa shape index (κ1) is 11.1. The molecule has 1 saturated carbocycles. The minimum atomic E-state index is 0.166. The molecule has 19 heavy (non-hydrogen) atoms. The third kappa shape index (κ3) is 1.62. The van der Waals surface area contributed by atoms with Gasteiger partial charge in [-0.05, 0) is 12.5 Å². The summed E-state index contributed by atoms with van der Waals surface area (Å²) in [4.78, 5) is 0. The van der Waals surface area contributed by atoms with E-state index in [9.17, 15) is 0 Å². The Morgan fingerprint density at radius 3 is 3.16 bits per heavy atom. The highest BCUT2D eigenvalue weighted by molar-refractivity contribution is 5.90. The molecule has 1 aliphatic carbocycles. The van der Waals surface area contributed by atoms with Gasteiger partial charge in [0.15, 0.2) is 0 Å². The molecule has 0 spiro atoms. The largest absolute Gasteiger partial charge is 0.376 e. The van der Waals surface area contributed by atoms with E-state index in [1.54, 1.807) is 6.20 Å². The fraction of sp³-hybridized carbons (Fsp3) is 0.429. The molecular formula is C14H16N4O. The predicted octanol–water partition coefficient (Wildman–Crippen LogP) is 1.16. The number of hydrogen-bond acceptors (Lipinski definition) is 5. The second-order valence-corrected chi connectivity index (χ2v) is 5.31. The lowest BCUT2D eigenvalue weighted by Crippen LogP contribution is -2.65. The van der Waals surface area contributed by atoms with Crippen LogP contribution in [-0.4, -0.2) is 35.0 Å². The van der Waals surface area contributed by atoms with Gasteiger partial charge in [-0.3, -0.25) is 0 Å². The van der Waals surface area contributed by atoms with Crippen molar-refractivity contribution in [1.29, 1.82) is 0 Å². The zero-order valence-corrected chi connectivity index (χ0v) is 10.5. The molecule has 5 heteroatoms. The monoisotopic (exact) mass is 256 g/mol. The normalized spacial score (nSPS) is 32.9. The molecule has 4 unspecified atom stereocenters. The first-order chi connectivity index (χ1) is 9.34. The van der Waals surface area contributed by atoms with Crippen LogP contribution in [-0.2, 0) is 4.74 Å². The predicted molar refractivity (Wildman–Crippen MR) is 72.8 cm³/mol. The molecule has 2 heterocycles. The Bertz CT molecular complexity index is 612. The smallest absolute Gasteiger partial charge is 0.0950 e. The van der Waals surface area contributed by atoms with Crippen LogP contribution in [0.1, 0.15) is 6.42 Å². The van der Waals surface area contributed by atoms with Crippen LogP contribution in [0.4, 0.5) is 5.69 Å². The van der Waals surface area contributed by atoms with Crippen molar-refractivity contribution in [2.45, 2.75) is 24.6 Å². The molecule has 3 N–H and O–H groups in total. The molecule has 0 bridgehead atoms. The zero-order chi connectivity index (χ0) is 12.8. The van der Waals surface area contributed by atoms with Crippen LogP contribution in [0.2, 0.25) is 0 Å². The molecule has 0 amide bonds. The Labute approximate surface area is 111 Å². The molecule has 5 nitrogen and oxygen atoms in total. The van der Waals surface area contributed by atoms with Crippen molar-refractivity contribution < 1.29 is 4.74 Å². The van der Waals surface area contributed by atoms with E-state index in [2.05, 4.69) is 15.5 Å². The molecular weight excluding hydrogens is 240 g/mol. The van der Waals surface area contributed by atoms with E-state index in [4.69, 9.17) is 10.5 Å². The van der Waals surface area contributed by atoms with Crippen LogP contribution in [0.25, 0.3) is 10.9 Å². The van der Waals surface area contributed by atoms with E-state index in [1.807, 2.05) is 24.3 Å². The van der Waals surface area contributed by atoms with E-state index in [0.717, 1.165) is 29.6 Å². The number of anilines is 1. The lowest BCUT2D eigenvalue weighted by Gasteiger charge is -2.46. The molecule has 0 radical (unpaired) electrons. The van der Waals surface area contributed by atoms with Gasteiger partial charge in [-0.2, -0.15) is 10.2 Å². The number of ether oxygens (including phenoxy) is 1. The van der Waals surface area contributed by atoms with Gasteiger partial charge in [0.25, 0.3) is 0 Å². The van der Waals surface area contributed by atoms with Gasteiger partial charge in [-0.1, -0.05) is 18.2 Å². The van der Waals surface area contributed by atoms with Crippen LogP contribution in [0.3, 0.4) is 0 Å². The van der Waals surface area contributed by atoms with Crippen LogP contribution in [0.5, 0.6) is 0 Å². The fourth-order valence-electron chi connectivity index (χ4n) is 3.23. The molecule has 2 aliphatic rings. The molecule has 4 rings (SSSR count). The van der Waals surface area contributed by atoms with Crippen molar-refractivity contribution in [3.63, 3.8) is 0 Å². The average Bonchev–Trinajstić information content (AvgIpc) is 2.89. The molecule has 1 aromatic carbocycles. The average molecular weight is 256 g/mol. The first-order valence-corrected chi connectivity index (χ1v) is 6.69. The summed E-state index contributed by atoms with van der Waals surface area (Å²) in [5.74, 6) is 0.513. The summed E-state index contributed by atoms with van der Waals surface area (Å²) < 4.78 is 5.74. The summed E-state index contributed by atoms with van der Waals surface area (Å²) in [5.41, 5.74) is 8.10. The summed E-state index contributed by atoms with van der Waals surface area (Å²) in [6.45, 7) is 0.830. The number of nitrogens with two attached hydrogens (primary N) is 1. The number of rotatable bonds is 2. The van der Waals surface area contributed by atoms with Crippen LogP contribution in [0, 0.1) is 5.92 Å². The number of nitrogens with one attached hydrogen (secondary N) is 1. The number of aromatic nitrogens is 2. The topological polar surface area (TPSA) is 73.1 Å². The number of benzene rings is 1. The number of hydrogen-bond donors (Lipinski definition) is 2. The van der Waals surface area contributed by atoms with Crippen LogP contribution < -0.4 is 11.1 Å². The van der Waals surface area contributed by atoms with Gasteiger partial charge in [0.05, 0.1) is 29.5 Å². The van der Waals surface area contributed by atoms with E-state index in [1.165, 1.54) is 0 Å². The second-order valence-electron chi connectivity index (χ2n) is 5.31. The zero-order valence-electron chi connectivity index (χ0n) is 10.5. The number of nitrogens with zero attached hydrogens (tertiary/aromatic N) is 2. The third-order valence-corrected chi connectivity index (χ3v) is 4.32.